The number of likely N-dealkylation sites (tertiary alicyclic amines) is 1. The first-order valence-corrected chi connectivity index (χ1v) is 10.9. The van der Waals surface area contributed by atoms with Crippen LogP contribution in [0.25, 0.3) is 0 Å². The zero-order valence-electron chi connectivity index (χ0n) is 14.8. The maximum absolute atomic E-state index is 12.5. The van der Waals surface area contributed by atoms with Crippen LogP contribution in [-0.2, 0) is 27.7 Å². The largest absolute Gasteiger partial charge is 0.343 e. The molecular formula is C18H24Cl2N2O3S. The Labute approximate surface area is 165 Å². The van der Waals surface area contributed by atoms with Gasteiger partial charge in [0.2, 0.25) is 15.9 Å². The van der Waals surface area contributed by atoms with E-state index in [1.165, 1.54) is 0 Å². The van der Waals surface area contributed by atoms with E-state index in [4.69, 9.17) is 23.2 Å². The van der Waals surface area contributed by atoms with Gasteiger partial charge in [-0.25, -0.2) is 13.1 Å². The molecule has 144 valence electrons. The molecule has 0 radical (unpaired) electrons. The molecule has 0 aromatic heterocycles. The minimum Gasteiger partial charge on any atom is -0.343 e. The molecule has 1 aliphatic rings. The van der Waals surface area contributed by atoms with Crippen LogP contribution in [0.2, 0.25) is 10.0 Å². The van der Waals surface area contributed by atoms with Gasteiger partial charge in [0, 0.05) is 31.0 Å². The summed E-state index contributed by atoms with van der Waals surface area (Å²) in [4.78, 5) is 14.3. The van der Waals surface area contributed by atoms with Crippen molar-refractivity contribution in [3.63, 3.8) is 0 Å². The van der Waals surface area contributed by atoms with E-state index in [9.17, 15) is 13.2 Å². The van der Waals surface area contributed by atoms with Crippen molar-refractivity contribution in [3.8, 4) is 0 Å². The van der Waals surface area contributed by atoms with Gasteiger partial charge in [0.1, 0.15) is 0 Å². The number of rotatable bonds is 7. The Kier molecular flexibility index (Phi) is 7.52. The van der Waals surface area contributed by atoms with Gasteiger partial charge in [-0.2, -0.15) is 0 Å². The van der Waals surface area contributed by atoms with Crippen LogP contribution in [0.4, 0.5) is 0 Å². The molecule has 1 aliphatic heterocycles. The third kappa shape index (κ3) is 5.71. The van der Waals surface area contributed by atoms with Gasteiger partial charge in [-0.15, -0.1) is 0 Å². The van der Waals surface area contributed by atoms with Gasteiger partial charge < -0.3 is 4.90 Å². The summed E-state index contributed by atoms with van der Waals surface area (Å²) in [5.41, 5.74) is 2.15. The molecule has 1 fully saturated rings. The Morgan fingerprint density at radius 2 is 1.85 bits per heavy atom. The predicted octanol–water partition coefficient (Wildman–Crippen LogP) is 3.54. The van der Waals surface area contributed by atoms with E-state index in [2.05, 4.69) is 11.3 Å². The number of carbonyl (C=O) groups excluding carboxylic acids is 1. The highest BCUT2D eigenvalue weighted by Crippen LogP contribution is 2.27. The molecule has 8 heteroatoms. The lowest BCUT2D eigenvalue weighted by atomic mass is 10.00. The van der Waals surface area contributed by atoms with E-state index in [0.29, 0.717) is 48.8 Å². The normalized spacial score (nSPS) is 15.9. The van der Waals surface area contributed by atoms with Crippen molar-refractivity contribution < 1.29 is 13.2 Å². The van der Waals surface area contributed by atoms with Crippen molar-refractivity contribution in [3.05, 3.63) is 45.3 Å². The number of nitrogens with one attached hydrogen (secondary N) is 1. The van der Waals surface area contributed by atoms with Crippen LogP contribution >= 0.6 is 23.2 Å². The van der Waals surface area contributed by atoms with Crippen LogP contribution in [0.1, 0.15) is 37.3 Å². The molecule has 26 heavy (non-hydrogen) atoms. The Balaban J connectivity index is 1.88. The number of aryl methyl sites for hydroxylation is 2. The highest BCUT2D eigenvalue weighted by atomic mass is 35.5. The first-order valence-electron chi connectivity index (χ1n) is 8.65. The summed E-state index contributed by atoms with van der Waals surface area (Å²) in [6, 6.07) is 3.55. The van der Waals surface area contributed by atoms with E-state index in [-0.39, 0.29) is 11.9 Å². The average molecular weight is 419 g/mol. The van der Waals surface area contributed by atoms with Gasteiger partial charge in [0.05, 0.1) is 10.0 Å². The second-order valence-electron chi connectivity index (χ2n) is 6.37. The Hall–Kier alpha value is -1.08. The minimum atomic E-state index is -3.43. The molecule has 5 nitrogen and oxygen atoms in total. The molecular weight excluding hydrogens is 395 g/mol. The topological polar surface area (TPSA) is 66.5 Å². The highest BCUT2D eigenvalue weighted by molar-refractivity contribution is 7.92. The van der Waals surface area contributed by atoms with Gasteiger partial charge in [-0.1, -0.05) is 36.7 Å². The first-order chi connectivity index (χ1) is 12.3. The third-order valence-corrected chi connectivity index (χ3v) is 6.45. The van der Waals surface area contributed by atoms with Crippen LogP contribution < -0.4 is 4.72 Å². The van der Waals surface area contributed by atoms with Gasteiger partial charge in [-0.05, 0) is 48.9 Å². The maximum Gasteiger partial charge on any atom is 0.233 e. The van der Waals surface area contributed by atoms with Crippen molar-refractivity contribution >= 4 is 39.1 Å². The molecule has 1 amide bonds. The molecule has 0 saturated carbocycles. The summed E-state index contributed by atoms with van der Waals surface area (Å²) in [5, 5.41) is 1.94. The number of nitrogens with zero attached hydrogens (tertiary/aromatic N) is 1. The van der Waals surface area contributed by atoms with Gasteiger partial charge in [0.25, 0.3) is 0 Å². The molecule has 0 atom stereocenters. The summed E-state index contributed by atoms with van der Waals surface area (Å²) in [7, 11) is -3.43. The summed E-state index contributed by atoms with van der Waals surface area (Å²) in [6.07, 6.45) is 3.04. The molecule has 1 N–H and O–H groups in total. The molecule has 0 unspecified atom stereocenters. The maximum atomic E-state index is 12.5. The highest BCUT2D eigenvalue weighted by Gasteiger charge is 2.24. The second-order valence-corrected chi connectivity index (χ2v) is 8.85. The zero-order chi connectivity index (χ0) is 19.3. The summed E-state index contributed by atoms with van der Waals surface area (Å²) < 4.78 is 25.6. The van der Waals surface area contributed by atoms with Crippen LogP contribution in [0.3, 0.4) is 0 Å². The Morgan fingerprint density at radius 1 is 1.27 bits per heavy atom. The van der Waals surface area contributed by atoms with Gasteiger partial charge >= 0.3 is 0 Å². The monoisotopic (exact) mass is 418 g/mol. The number of benzene rings is 1. The van der Waals surface area contributed by atoms with Crippen molar-refractivity contribution in [2.45, 2.75) is 45.1 Å². The summed E-state index contributed by atoms with van der Waals surface area (Å²) >= 11 is 12.2. The molecule has 1 heterocycles. The second kappa shape index (κ2) is 9.22. The molecule has 0 bridgehead atoms. The first kappa shape index (κ1) is 21.2. The molecule has 1 aromatic carbocycles. The van der Waals surface area contributed by atoms with Crippen molar-refractivity contribution in [1.29, 1.82) is 0 Å². The van der Waals surface area contributed by atoms with Crippen LogP contribution in [0, 0.1) is 0 Å². The molecule has 0 spiro atoms. The summed E-state index contributed by atoms with van der Waals surface area (Å²) in [5.74, 6) is 0.0724. The number of hydrogen-bond acceptors (Lipinski definition) is 3. The quantitative estimate of drug-likeness (QED) is 0.735. The summed E-state index contributed by atoms with van der Waals surface area (Å²) in [6.45, 7) is 6.42. The SMILES string of the molecule is C=CS(=O)(=O)NC1CCN(C(=O)CCc2cc(Cl)c(Cl)cc2CC)CC1. The Bertz CT molecular complexity index is 773. The van der Waals surface area contributed by atoms with E-state index >= 15 is 0 Å². The molecule has 2 rings (SSSR count). The average Bonchev–Trinajstić information content (AvgIpc) is 2.62. The molecule has 0 aliphatic carbocycles. The third-order valence-electron chi connectivity index (χ3n) is 4.63. The van der Waals surface area contributed by atoms with E-state index in [1.54, 1.807) is 4.90 Å². The fourth-order valence-corrected chi connectivity index (χ4v) is 4.29. The number of hydrogen-bond donors (Lipinski definition) is 1. The number of sulfonamides is 1. The van der Waals surface area contributed by atoms with Crippen molar-refractivity contribution in [2.75, 3.05) is 13.1 Å². The van der Waals surface area contributed by atoms with Crippen LogP contribution in [0.15, 0.2) is 24.1 Å². The lowest BCUT2D eigenvalue weighted by molar-refractivity contribution is -0.132. The van der Waals surface area contributed by atoms with Gasteiger partial charge in [-0.3, -0.25) is 4.79 Å². The minimum absolute atomic E-state index is 0.0724. The number of carbonyl (C=O) groups is 1. The van der Waals surface area contributed by atoms with Crippen LogP contribution in [0.5, 0.6) is 0 Å². The standard InChI is InChI=1S/C18H24Cl2N2O3S/c1-3-13-11-16(19)17(20)12-14(13)5-6-18(23)22-9-7-15(8-10-22)21-26(24,25)4-2/h4,11-12,15,21H,2-3,5-10H2,1H3. The Morgan fingerprint density at radius 3 is 2.38 bits per heavy atom. The van der Waals surface area contributed by atoms with Crippen molar-refractivity contribution in [2.24, 2.45) is 0 Å². The number of amides is 1. The van der Waals surface area contributed by atoms with Gasteiger partial charge in [0.15, 0.2) is 0 Å². The van der Waals surface area contributed by atoms with Crippen LogP contribution in [-0.4, -0.2) is 38.4 Å². The lowest BCUT2D eigenvalue weighted by Crippen LogP contribution is -2.46. The number of piperidine rings is 1. The van der Waals surface area contributed by atoms with E-state index in [0.717, 1.165) is 23.0 Å². The zero-order valence-corrected chi connectivity index (χ0v) is 17.1. The molecule has 1 saturated heterocycles. The predicted molar refractivity (Wildman–Crippen MR) is 106 cm³/mol. The lowest BCUT2D eigenvalue weighted by Gasteiger charge is -2.32. The van der Waals surface area contributed by atoms with E-state index in [1.807, 2.05) is 19.1 Å². The van der Waals surface area contributed by atoms with E-state index < -0.39 is 10.0 Å². The fraction of sp³-hybridized carbons (Fsp3) is 0.500. The molecule has 1 aromatic rings. The number of halogens is 2. The fourth-order valence-electron chi connectivity index (χ4n) is 3.12. The van der Waals surface area contributed by atoms with Crippen molar-refractivity contribution in [1.82, 2.24) is 9.62 Å². The smallest absolute Gasteiger partial charge is 0.233 e.